The lowest BCUT2D eigenvalue weighted by Gasteiger charge is -2.13. The molecule has 0 atom stereocenters. The summed E-state index contributed by atoms with van der Waals surface area (Å²) in [5, 5.41) is 11.3. The molecule has 2 amide bonds. The minimum Gasteiger partial charge on any atom is -0.481 e. The van der Waals surface area contributed by atoms with Crippen LogP contribution in [0.3, 0.4) is 0 Å². The van der Waals surface area contributed by atoms with E-state index in [1.165, 1.54) is 25.3 Å². The molecule has 0 bridgehead atoms. The van der Waals surface area contributed by atoms with E-state index >= 15 is 0 Å². The molecule has 27 heavy (non-hydrogen) atoms. The van der Waals surface area contributed by atoms with Crippen LogP contribution in [0.15, 0.2) is 29.2 Å². The van der Waals surface area contributed by atoms with Crippen LogP contribution >= 0.6 is 11.6 Å². The highest BCUT2D eigenvalue weighted by Gasteiger charge is 2.27. The fourth-order valence-electron chi connectivity index (χ4n) is 2.21. The smallest absolute Gasteiger partial charge is 0.337 e. The number of hydrogen-bond acceptors (Lipinski definition) is 7. The lowest BCUT2D eigenvalue weighted by atomic mass is 10.1. The number of rotatable bonds is 6. The van der Waals surface area contributed by atoms with Crippen LogP contribution in [0.4, 0.5) is 10.7 Å². The van der Waals surface area contributed by atoms with Gasteiger partial charge in [0.2, 0.25) is 11.8 Å². The summed E-state index contributed by atoms with van der Waals surface area (Å²) in [6.07, 6.45) is 0.244. The zero-order chi connectivity index (χ0) is 20.2. The van der Waals surface area contributed by atoms with Gasteiger partial charge in [-0.25, -0.2) is 27.7 Å². The van der Waals surface area contributed by atoms with Crippen molar-refractivity contribution in [3.05, 3.63) is 40.5 Å². The van der Waals surface area contributed by atoms with Gasteiger partial charge in [0.1, 0.15) is 10.0 Å². The number of amides is 2. The van der Waals surface area contributed by atoms with E-state index in [0.717, 1.165) is 6.07 Å². The molecule has 0 saturated carbocycles. The Hall–Kier alpha value is -2.92. The number of sulfonamides is 1. The van der Waals surface area contributed by atoms with Crippen molar-refractivity contribution in [1.29, 1.82) is 0 Å². The topological polar surface area (TPSA) is 148 Å². The largest absolute Gasteiger partial charge is 0.481 e. The van der Waals surface area contributed by atoms with Crippen molar-refractivity contribution in [1.82, 2.24) is 14.7 Å². The Morgan fingerprint density at radius 2 is 2.00 bits per heavy atom. The summed E-state index contributed by atoms with van der Waals surface area (Å²) >= 11 is 5.75. The third-order valence-corrected chi connectivity index (χ3v) is 4.98. The normalized spacial score (nSPS) is 10.9. The number of carbonyl (C=O) groups is 2. The van der Waals surface area contributed by atoms with Gasteiger partial charge in [-0.2, -0.15) is 4.98 Å². The van der Waals surface area contributed by atoms with Gasteiger partial charge in [0.25, 0.3) is 10.0 Å². The highest BCUT2D eigenvalue weighted by atomic mass is 35.5. The first-order valence-electron chi connectivity index (χ1n) is 7.45. The predicted octanol–water partition coefficient (Wildman–Crippen LogP) is 1.91. The van der Waals surface area contributed by atoms with Crippen molar-refractivity contribution >= 4 is 39.6 Å². The number of aromatic carboxylic acids is 1. The number of benzene rings is 1. The SMILES string of the molecule is CCc1cccc(C(=O)O)c1S(=O)(=O)NC(=O)Nc1nc(Cl)cc(OC)n1. The molecule has 1 aromatic carbocycles. The second kappa shape index (κ2) is 8.18. The van der Waals surface area contributed by atoms with E-state index in [-0.39, 0.29) is 29.0 Å². The van der Waals surface area contributed by atoms with Crippen LogP contribution in [0.1, 0.15) is 22.8 Å². The molecule has 144 valence electrons. The molecule has 3 N–H and O–H groups in total. The molecule has 1 aromatic heterocycles. The zero-order valence-electron chi connectivity index (χ0n) is 14.2. The van der Waals surface area contributed by atoms with E-state index < -0.39 is 32.5 Å². The van der Waals surface area contributed by atoms with Crippen molar-refractivity contribution in [3.63, 3.8) is 0 Å². The van der Waals surface area contributed by atoms with Crippen LogP contribution < -0.4 is 14.8 Å². The van der Waals surface area contributed by atoms with Crippen LogP contribution in [0, 0.1) is 0 Å². The zero-order valence-corrected chi connectivity index (χ0v) is 15.8. The van der Waals surface area contributed by atoms with Gasteiger partial charge in [-0.05, 0) is 18.1 Å². The minimum atomic E-state index is -4.49. The summed E-state index contributed by atoms with van der Waals surface area (Å²) in [6.45, 7) is 1.66. The number of anilines is 1. The number of nitrogens with one attached hydrogen (secondary N) is 2. The molecule has 0 aliphatic heterocycles. The quantitative estimate of drug-likeness (QED) is 0.607. The molecule has 1 heterocycles. The standard InChI is InChI=1S/C15H15ClN4O6S/c1-3-8-5-4-6-9(13(21)22)12(8)27(24,25)20-15(23)19-14-17-10(16)7-11(18-14)26-2/h4-7H,3H2,1-2H3,(H,21,22)(H2,17,18,19,20,23). The van der Waals surface area contributed by atoms with Crippen LogP contribution in [0.2, 0.25) is 5.15 Å². The summed E-state index contributed by atoms with van der Waals surface area (Å²) in [5.41, 5.74) is -0.203. The maximum Gasteiger partial charge on any atom is 0.337 e. The lowest BCUT2D eigenvalue weighted by Crippen LogP contribution is -2.36. The van der Waals surface area contributed by atoms with E-state index in [2.05, 4.69) is 15.3 Å². The van der Waals surface area contributed by atoms with E-state index in [0.29, 0.717) is 0 Å². The van der Waals surface area contributed by atoms with Crippen LogP contribution in [-0.2, 0) is 16.4 Å². The molecule has 0 unspecified atom stereocenters. The number of aryl methyl sites for hydroxylation is 1. The Balaban J connectivity index is 2.33. The Morgan fingerprint density at radius 3 is 2.59 bits per heavy atom. The molecule has 2 rings (SSSR count). The third kappa shape index (κ3) is 4.83. The predicted molar refractivity (Wildman–Crippen MR) is 95.7 cm³/mol. The van der Waals surface area contributed by atoms with Crippen molar-refractivity contribution in [3.8, 4) is 5.88 Å². The van der Waals surface area contributed by atoms with Gasteiger partial charge in [0.05, 0.1) is 12.7 Å². The number of methoxy groups -OCH3 is 1. The van der Waals surface area contributed by atoms with E-state index in [4.69, 9.17) is 16.3 Å². The average Bonchev–Trinajstić information content (AvgIpc) is 2.59. The van der Waals surface area contributed by atoms with Gasteiger partial charge in [-0.1, -0.05) is 30.7 Å². The number of urea groups is 1. The van der Waals surface area contributed by atoms with Crippen LogP contribution in [0.5, 0.6) is 5.88 Å². The summed E-state index contributed by atoms with van der Waals surface area (Å²) in [6, 6.07) is 4.12. The van der Waals surface area contributed by atoms with Crippen molar-refractivity contribution in [2.45, 2.75) is 18.2 Å². The molecular formula is C15H15ClN4O6S. The Kier molecular flexibility index (Phi) is 6.18. The number of ether oxygens (including phenoxy) is 1. The Morgan fingerprint density at radius 1 is 1.30 bits per heavy atom. The van der Waals surface area contributed by atoms with Gasteiger partial charge in [0.15, 0.2) is 0 Å². The van der Waals surface area contributed by atoms with Crippen LogP contribution in [0.25, 0.3) is 0 Å². The molecule has 0 radical (unpaired) electrons. The van der Waals surface area contributed by atoms with Gasteiger partial charge >= 0.3 is 12.0 Å². The van der Waals surface area contributed by atoms with E-state index in [1.54, 1.807) is 11.6 Å². The number of carboxylic acids is 1. The van der Waals surface area contributed by atoms with Gasteiger partial charge in [-0.3, -0.25) is 5.32 Å². The van der Waals surface area contributed by atoms with Gasteiger partial charge in [0, 0.05) is 6.07 Å². The molecule has 0 aliphatic rings. The maximum atomic E-state index is 12.6. The fraction of sp³-hybridized carbons (Fsp3) is 0.200. The number of carboxylic acid groups (broad SMARTS) is 1. The third-order valence-electron chi connectivity index (χ3n) is 3.31. The summed E-state index contributed by atoms with van der Waals surface area (Å²) < 4.78 is 31.8. The van der Waals surface area contributed by atoms with Crippen molar-refractivity contribution in [2.24, 2.45) is 0 Å². The maximum absolute atomic E-state index is 12.6. The first kappa shape index (κ1) is 20.4. The lowest BCUT2D eigenvalue weighted by molar-refractivity contribution is 0.0692. The van der Waals surface area contributed by atoms with Crippen molar-refractivity contribution in [2.75, 3.05) is 12.4 Å². The Bertz CT molecular complexity index is 996. The molecule has 0 fully saturated rings. The summed E-state index contributed by atoms with van der Waals surface area (Å²) in [5.74, 6) is -1.68. The first-order chi connectivity index (χ1) is 12.7. The fourth-order valence-corrected chi connectivity index (χ4v) is 3.78. The second-order valence-electron chi connectivity index (χ2n) is 5.07. The number of nitrogens with zero attached hydrogens (tertiary/aromatic N) is 2. The number of carbonyl (C=O) groups excluding carboxylic acids is 1. The van der Waals surface area contributed by atoms with Gasteiger partial charge in [-0.15, -0.1) is 0 Å². The monoisotopic (exact) mass is 414 g/mol. The number of aromatic nitrogens is 2. The van der Waals surface area contributed by atoms with Crippen molar-refractivity contribution < 1.29 is 27.9 Å². The summed E-state index contributed by atoms with van der Waals surface area (Å²) in [4.78, 5) is 30.5. The highest BCUT2D eigenvalue weighted by Crippen LogP contribution is 2.22. The van der Waals surface area contributed by atoms with E-state index in [1.807, 2.05) is 0 Å². The molecule has 12 heteroatoms. The van der Waals surface area contributed by atoms with Crippen LogP contribution in [-0.4, -0.2) is 42.6 Å². The molecule has 0 spiro atoms. The molecule has 10 nitrogen and oxygen atoms in total. The number of hydrogen-bond donors (Lipinski definition) is 3. The molecule has 0 saturated heterocycles. The molecule has 0 aliphatic carbocycles. The highest BCUT2D eigenvalue weighted by molar-refractivity contribution is 7.90. The first-order valence-corrected chi connectivity index (χ1v) is 9.31. The summed E-state index contributed by atoms with van der Waals surface area (Å²) in [7, 11) is -3.17. The molecular weight excluding hydrogens is 400 g/mol. The number of halogens is 1. The minimum absolute atomic E-state index is 0.0375. The van der Waals surface area contributed by atoms with E-state index in [9.17, 15) is 23.1 Å². The average molecular weight is 415 g/mol. The van der Waals surface area contributed by atoms with Gasteiger partial charge < -0.3 is 9.84 Å². The molecule has 2 aromatic rings. The Labute approximate surface area is 159 Å². The second-order valence-corrected chi connectivity index (χ2v) is 7.08.